The topological polar surface area (TPSA) is 12.0 Å². The van der Waals surface area contributed by atoms with Crippen molar-refractivity contribution in [2.45, 2.75) is 38.6 Å². The lowest BCUT2D eigenvalue weighted by atomic mass is 9.79. The quantitative estimate of drug-likeness (QED) is 0.596. The van der Waals surface area contributed by atoms with E-state index in [-0.39, 0.29) is 12.4 Å². The third-order valence-corrected chi connectivity index (χ3v) is 3.31. The van der Waals surface area contributed by atoms with Crippen LogP contribution in [0.5, 0.6) is 0 Å². The van der Waals surface area contributed by atoms with Crippen LogP contribution in [0.15, 0.2) is 0 Å². The third-order valence-electron chi connectivity index (χ3n) is 3.31. The highest BCUT2D eigenvalue weighted by Crippen LogP contribution is 2.35. The Balaban J connectivity index is 0.000000605. The molecular weight excluding hydrogens is 158 g/mol. The van der Waals surface area contributed by atoms with E-state index in [1.807, 2.05) is 0 Å². The summed E-state index contributed by atoms with van der Waals surface area (Å²) in [5.41, 5.74) is 0. The van der Waals surface area contributed by atoms with Gasteiger partial charge in [0, 0.05) is 6.04 Å². The fraction of sp³-hybridized carbons (Fsp3) is 1.00. The zero-order chi connectivity index (χ0) is 6.97. The first kappa shape index (κ1) is 9.34. The van der Waals surface area contributed by atoms with Crippen molar-refractivity contribution in [3.63, 3.8) is 0 Å². The van der Waals surface area contributed by atoms with Gasteiger partial charge in [-0.3, -0.25) is 0 Å². The second-order valence-corrected chi connectivity index (χ2v) is 3.91. The van der Waals surface area contributed by atoms with Crippen LogP contribution in [-0.4, -0.2) is 12.6 Å². The molecular formula is C9H18ClN. The molecule has 3 atom stereocenters. The molecule has 0 amide bonds. The largest absolute Gasteiger partial charge is 0.314 e. The van der Waals surface area contributed by atoms with Crippen LogP contribution in [0.25, 0.3) is 0 Å². The smallest absolute Gasteiger partial charge is 0.00702 e. The third kappa shape index (κ3) is 1.70. The van der Waals surface area contributed by atoms with Crippen molar-refractivity contribution in [1.29, 1.82) is 0 Å². The zero-order valence-corrected chi connectivity index (χ0v) is 7.99. The molecule has 1 saturated carbocycles. The fourth-order valence-corrected chi connectivity index (χ4v) is 2.64. The van der Waals surface area contributed by atoms with Crippen LogP contribution in [0.2, 0.25) is 0 Å². The molecule has 0 aromatic heterocycles. The number of nitrogens with one attached hydrogen (secondary N) is 1. The first-order chi connectivity index (χ1) is 4.88. The maximum absolute atomic E-state index is 3.56. The van der Waals surface area contributed by atoms with Gasteiger partial charge in [0.05, 0.1) is 0 Å². The summed E-state index contributed by atoms with van der Waals surface area (Å²) in [6.07, 6.45) is 5.93. The maximum Gasteiger partial charge on any atom is 0.00702 e. The molecule has 11 heavy (non-hydrogen) atoms. The Morgan fingerprint density at radius 2 is 1.91 bits per heavy atom. The lowest BCUT2D eigenvalue weighted by Crippen LogP contribution is -2.24. The van der Waals surface area contributed by atoms with Crippen LogP contribution in [0.1, 0.15) is 32.6 Å². The molecule has 0 aromatic rings. The van der Waals surface area contributed by atoms with Crippen molar-refractivity contribution in [2.24, 2.45) is 11.8 Å². The number of halogens is 1. The van der Waals surface area contributed by atoms with Crippen molar-refractivity contribution in [3.05, 3.63) is 0 Å². The molecule has 2 heteroatoms. The lowest BCUT2D eigenvalue weighted by molar-refractivity contribution is 0.272. The van der Waals surface area contributed by atoms with Crippen molar-refractivity contribution in [3.8, 4) is 0 Å². The molecule has 0 bridgehead atoms. The lowest BCUT2D eigenvalue weighted by Gasteiger charge is -2.26. The van der Waals surface area contributed by atoms with Gasteiger partial charge in [0.1, 0.15) is 0 Å². The molecule has 1 aliphatic carbocycles. The van der Waals surface area contributed by atoms with Gasteiger partial charge in [-0.15, -0.1) is 12.4 Å². The molecule has 2 fully saturated rings. The van der Waals surface area contributed by atoms with Gasteiger partial charge in [-0.05, 0) is 38.1 Å². The Morgan fingerprint density at radius 3 is 2.64 bits per heavy atom. The van der Waals surface area contributed by atoms with Gasteiger partial charge < -0.3 is 5.32 Å². The molecule has 1 nitrogen and oxygen atoms in total. The second-order valence-electron chi connectivity index (χ2n) is 3.91. The van der Waals surface area contributed by atoms with Crippen molar-refractivity contribution >= 4 is 12.4 Å². The normalized spacial score (nSPS) is 42.8. The van der Waals surface area contributed by atoms with E-state index >= 15 is 0 Å². The number of hydrogen-bond donors (Lipinski definition) is 1. The van der Waals surface area contributed by atoms with Crippen LogP contribution in [-0.2, 0) is 0 Å². The monoisotopic (exact) mass is 175 g/mol. The van der Waals surface area contributed by atoms with Crippen LogP contribution in [0.4, 0.5) is 0 Å². The van der Waals surface area contributed by atoms with Crippen molar-refractivity contribution < 1.29 is 0 Å². The second kappa shape index (κ2) is 3.77. The number of rotatable bonds is 0. The van der Waals surface area contributed by atoms with Crippen LogP contribution >= 0.6 is 12.4 Å². The Labute approximate surface area is 75.4 Å². The van der Waals surface area contributed by atoms with E-state index < -0.39 is 0 Å². The van der Waals surface area contributed by atoms with E-state index in [1.54, 1.807) is 0 Å². The summed E-state index contributed by atoms with van der Waals surface area (Å²) in [6.45, 7) is 3.64. The predicted octanol–water partition coefficient (Wildman–Crippen LogP) is 2.21. The number of hydrogen-bond acceptors (Lipinski definition) is 1. The zero-order valence-electron chi connectivity index (χ0n) is 7.18. The molecule has 1 aliphatic heterocycles. The molecule has 0 spiro atoms. The molecule has 2 aliphatic rings. The Hall–Kier alpha value is 0.250. The molecule has 2 rings (SSSR count). The fourth-order valence-electron chi connectivity index (χ4n) is 2.64. The minimum Gasteiger partial charge on any atom is -0.314 e. The van der Waals surface area contributed by atoms with E-state index in [2.05, 4.69) is 12.2 Å². The highest BCUT2D eigenvalue weighted by atomic mass is 35.5. The van der Waals surface area contributed by atoms with Crippen LogP contribution in [0, 0.1) is 11.8 Å². The van der Waals surface area contributed by atoms with Crippen LogP contribution < -0.4 is 5.32 Å². The average Bonchev–Trinajstić information content (AvgIpc) is 2.34. The summed E-state index contributed by atoms with van der Waals surface area (Å²) in [7, 11) is 0. The first-order valence-electron chi connectivity index (χ1n) is 4.61. The average molecular weight is 176 g/mol. The molecule has 3 unspecified atom stereocenters. The maximum atomic E-state index is 3.56. The standard InChI is InChI=1S/C9H17N.ClH/c1-7-9-5-3-2-4-8(9)6-10-7;/h7-10H,2-6H2,1H3;1H. The Morgan fingerprint density at radius 1 is 1.18 bits per heavy atom. The number of fused-ring (bicyclic) bond motifs is 1. The Bertz CT molecular complexity index is 125. The summed E-state index contributed by atoms with van der Waals surface area (Å²) >= 11 is 0. The van der Waals surface area contributed by atoms with E-state index in [0.717, 1.165) is 17.9 Å². The molecule has 0 radical (unpaired) electrons. The highest BCUT2D eigenvalue weighted by molar-refractivity contribution is 5.85. The minimum atomic E-state index is 0. The Kier molecular flexibility index (Phi) is 3.20. The van der Waals surface area contributed by atoms with E-state index in [1.165, 1.54) is 32.2 Å². The molecule has 1 N–H and O–H groups in total. The van der Waals surface area contributed by atoms with Crippen LogP contribution in [0.3, 0.4) is 0 Å². The molecule has 0 aromatic carbocycles. The van der Waals surface area contributed by atoms with Gasteiger partial charge >= 0.3 is 0 Å². The highest BCUT2D eigenvalue weighted by Gasteiger charge is 2.34. The van der Waals surface area contributed by atoms with E-state index in [0.29, 0.717) is 0 Å². The minimum absolute atomic E-state index is 0. The van der Waals surface area contributed by atoms with Crippen molar-refractivity contribution in [1.82, 2.24) is 5.32 Å². The molecule has 66 valence electrons. The summed E-state index contributed by atoms with van der Waals surface area (Å²) in [4.78, 5) is 0. The SMILES string of the molecule is CC1NCC2CCCCC21.Cl. The summed E-state index contributed by atoms with van der Waals surface area (Å²) in [6, 6.07) is 0.810. The van der Waals surface area contributed by atoms with Gasteiger partial charge in [0.25, 0.3) is 0 Å². The van der Waals surface area contributed by atoms with Gasteiger partial charge in [-0.1, -0.05) is 12.8 Å². The van der Waals surface area contributed by atoms with Gasteiger partial charge in [0.15, 0.2) is 0 Å². The van der Waals surface area contributed by atoms with E-state index in [9.17, 15) is 0 Å². The van der Waals surface area contributed by atoms with Gasteiger partial charge in [-0.2, -0.15) is 0 Å². The van der Waals surface area contributed by atoms with E-state index in [4.69, 9.17) is 0 Å². The summed E-state index contributed by atoms with van der Waals surface area (Å²) < 4.78 is 0. The van der Waals surface area contributed by atoms with Crippen molar-refractivity contribution in [2.75, 3.05) is 6.54 Å². The van der Waals surface area contributed by atoms with Gasteiger partial charge in [-0.25, -0.2) is 0 Å². The summed E-state index contributed by atoms with van der Waals surface area (Å²) in [5.74, 6) is 2.05. The molecule has 1 saturated heterocycles. The van der Waals surface area contributed by atoms with Gasteiger partial charge in [0.2, 0.25) is 0 Å². The first-order valence-corrected chi connectivity index (χ1v) is 4.61. The summed E-state index contributed by atoms with van der Waals surface area (Å²) in [5, 5.41) is 3.56. The predicted molar refractivity (Wildman–Crippen MR) is 50.2 cm³/mol. The molecule has 1 heterocycles.